The van der Waals surface area contributed by atoms with Gasteiger partial charge in [0.2, 0.25) is 0 Å². The normalized spacial score (nSPS) is 8.86. The Morgan fingerprint density at radius 2 is 2.43 bits per heavy atom. The molecule has 0 aromatic rings. The third-order valence-corrected chi connectivity index (χ3v) is 1.48. The van der Waals surface area contributed by atoms with Crippen molar-refractivity contribution < 1.29 is 30.1 Å². The Labute approximate surface area is 56.7 Å². The predicted molar refractivity (Wildman–Crippen MR) is 23.1 cm³/mol. The van der Waals surface area contributed by atoms with Crippen molar-refractivity contribution >= 4 is 0 Å². The van der Waals surface area contributed by atoms with Crippen molar-refractivity contribution in [1.82, 2.24) is 0 Å². The molecule has 0 aliphatic carbocycles. The van der Waals surface area contributed by atoms with Gasteiger partial charge in [-0.1, -0.05) is 0 Å². The van der Waals surface area contributed by atoms with Gasteiger partial charge in [0.25, 0.3) is 0 Å². The molecule has 0 heterocycles. The van der Waals surface area contributed by atoms with Crippen molar-refractivity contribution in [3.05, 3.63) is 0 Å². The Balaban J connectivity index is 2.45. The first kappa shape index (κ1) is 7.80. The molecule has 42 valence electrons. The van der Waals surface area contributed by atoms with Gasteiger partial charge < -0.3 is 0 Å². The average molecular weight is 181 g/mol. The zero-order valence-electron chi connectivity index (χ0n) is 4.48. The number of hydrogen-bond acceptors (Lipinski definition) is 2. The summed E-state index contributed by atoms with van der Waals surface area (Å²) < 4.78 is 13.0. The van der Waals surface area contributed by atoms with Crippen LogP contribution < -0.4 is 0 Å². The van der Waals surface area contributed by atoms with Crippen LogP contribution in [-0.4, -0.2) is 9.79 Å². The van der Waals surface area contributed by atoms with E-state index in [2.05, 4.69) is 6.92 Å². The molecule has 0 aromatic heterocycles. The van der Waals surface area contributed by atoms with Gasteiger partial charge in [-0.3, -0.25) is 0 Å². The van der Waals surface area contributed by atoms with Crippen molar-refractivity contribution in [2.24, 2.45) is 0 Å². The van der Waals surface area contributed by atoms with Crippen LogP contribution in [0.3, 0.4) is 0 Å². The molecule has 2 nitrogen and oxygen atoms in total. The molecule has 0 rings (SSSR count). The summed E-state index contributed by atoms with van der Waals surface area (Å²) in [7, 11) is 0. The first-order valence-corrected chi connectivity index (χ1v) is 4.53. The van der Waals surface area contributed by atoms with Crippen LogP contribution in [-0.2, 0) is 26.9 Å². The molecule has 0 saturated carbocycles. The molecule has 1 N–H and O–H groups in total. The molecule has 0 fully saturated rings. The molecule has 0 aromatic carbocycles. The van der Waals surface area contributed by atoms with Gasteiger partial charge in [0, 0.05) is 0 Å². The predicted octanol–water partition coefficient (Wildman–Crippen LogP) is 0.708. The SMILES string of the molecule is CCCC[O][Zr][OH]. The molecule has 0 bridgehead atoms. The van der Waals surface area contributed by atoms with Crippen molar-refractivity contribution in [1.29, 1.82) is 0 Å². The van der Waals surface area contributed by atoms with Crippen LogP contribution in [0, 0.1) is 0 Å². The van der Waals surface area contributed by atoms with Gasteiger partial charge in [0.1, 0.15) is 0 Å². The number of hydrogen-bond donors (Lipinski definition) is 1. The maximum absolute atomic E-state index is 8.24. The van der Waals surface area contributed by atoms with E-state index in [1.54, 1.807) is 0 Å². The molecular formula is C4H10O2Zr. The van der Waals surface area contributed by atoms with E-state index in [0.29, 0.717) is 0 Å². The summed E-state index contributed by atoms with van der Waals surface area (Å²) in [6.07, 6.45) is 2.24. The molecule has 7 heavy (non-hydrogen) atoms. The molecule has 0 aliphatic heterocycles. The minimum atomic E-state index is -1.32. The van der Waals surface area contributed by atoms with Gasteiger partial charge >= 0.3 is 56.5 Å². The van der Waals surface area contributed by atoms with E-state index < -0.39 is 24.1 Å². The zero-order valence-corrected chi connectivity index (χ0v) is 6.93. The van der Waals surface area contributed by atoms with Crippen LogP contribution in [0.4, 0.5) is 0 Å². The van der Waals surface area contributed by atoms with Crippen LogP contribution in [0.5, 0.6) is 0 Å². The third-order valence-electron chi connectivity index (χ3n) is 0.665. The van der Waals surface area contributed by atoms with E-state index in [1.165, 1.54) is 0 Å². The first-order valence-electron chi connectivity index (χ1n) is 2.42. The fourth-order valence-corrected chi connectivity index (χ4v) is 0.841. The summed E-state index contributed by atoms with van der Waals surface area (Å²) in [6, 6.07) is 0. The van der Waals surface area contributed by atoms with Gasteiger partial charge in [0.05, 0.1) is 0 Å². The maximum atomic E-state index is 8.24. The van der Waals surface area contributed by atoms with E-state index >= 15 is 0 Å². The van der Waals surface area contributed by atoms with Crippen molar-refractivity contribution in [3.63, 3.8) is 0 Å². The molecule has 0 aliphatic rings. The quantitative estimate of drug-likeness (QED) is 0.647. The first-order chi connectivity index (χ1) is 3.41. The second-order valence-corrected chi connectivity index (χ2v) is 2.45. The van der Waals surface area contributed by atoms with Gasteiger partial charge in [0.15, 0.2) is 0 Å². The molecule has 0 atom stereocenters. The zero-order chi connectivity index (χ0) is 5.54. The molecule has 0 saturated heterocycles. The van der Waals surface area contributed by atoms with Gasteiger partial charge in [-0.15, -0.1) is 0 Å². The van der Waals surface area contributed by atoms with Crippen molar-refractivity contribution in [3.8, 4) is 0 Å². The Morgan fingerprint density at radius 1 is 1.71 bits per heavy atom. The summed E-state index contributed by atoms with van der Waals surface area (Å²) >= 11 is -1.32. The van der Waals surface area contributed by atoms with Gasteiger partial charge in [-0.25, -0.2) is 0 Å². The standard InChI is InChI=1S/C4H9O.H2O.Zr/c1-2-3-4-5;;/h2-4H2,1H3;1H2;/q-1;;+2/p-1. The number of rotatable bonds is 4. The summed E-state index contributed by atoms with van der Waals surface area (Å²) in [5.41, 5.74) is 0. The Hall–Kier alpha value is 0.803. The second kappa shape index (κ2) is 6.80. The van der Waals surface area contributed by atoms with E-state index in [9.17, 15) is 0 Å². The summed E-state index contributed by atoms with van der Waals surface area (Å²) in [5, 5.41) is 0. The van der Waals surface area contributed by atoms with Gasteiger partial charge in [-0.05, 0) is 0 Å². The molecule has 0 spiro atoms. The van der Waals surface area contributed by atoms with Crippen LogP contribution in [0.15, 0.2) is 0 Å². The monoisotopic (exact) mass is 180 g/mol. The minimum absolute atomic E-state index is 0.763. The van der Waals surface area contributed by atoms with E-state index in [0.717, 1.165) is 19.4 Å². The summed E-state index contributed by atoms with van der Waals surface area (Å²) in [6.45, 7) is 2.87. The topological polar surface area (TPSA) is 29.5 Å². The molecule has 3 heteroatoms. The second-order valence-electron chi connectivity index (χ2n) is 1.29. The van der Waals surface area contributed by atoms with Crippen LogP contribution in [0.25, 0.3) is 0 Å². The third kappa shape index (κ3) is 6.80. The fraction of sp³-hybridized carbons (Fsp3) is 1.00. The molecule has 0 radical (unpaired) electrons. The average Bonchev–Trinajstić information content (AvgIpc) is 1.69. The van der Waals surface area contributed by atoms with Crippen LogP contribution in [0.2, 0.25) is 0 Å². The van der Waals surface area contributed by atoms with E-state index in [4.69, 9.17) is 6.00 Å². The Bertz CT molecular complexity index is 28.9. The summed E-state index contributed by atoms with van der Waals surface area (Å²) in [4.78, 5) is 0. The van der Waals surface area contributed by atoms with Crippen molar-refractivity contribution in [2.75, 3.05) is 6.61 Å². The Morgan fingerprint density at radius 3 is 2.86 bits per heavy atom. The summed E-state index contributed by atoms with van der Waals surface area (Å²) in [5.74, 6) is 0. The Kier molecular flexibility index (Phi) is 7.58. The van der Waals surface area contributed by atoms with E-state index in [-0.39, 0.29) is 0 Å². The van der Waals surface area contributed by atoms with Crippen LogP contribution >= 0.6 is 0 Å². The molecule has 0 amide bonds. The van der Waals surface area contributed by atoms with E-state index in [1.807, 2.05) is 0 Å². The number of unbranched alkanes of at least 4 members (excludes halogenated alkanes) is 1. The molecular weight excluding hydrogens is 171 g/mol. The van der Waals surface area contributed by atoms with Gasteiger partial charge in [-0.2, -0.15) is 0 Å². The van der Waals surface area contributed by atoms with Crippen molar-refractivity contribution in [2.45, 2.75) is 19.8 Å². The van der Waals surface area contributed by atoms with Crippen LogP contribution in [0.1, 0.15) is 19.8 Å². The fourth-order valence-electron chi connectivity index (χ4n) is 0.262. The molecule has 0 unspecified atom stereocenters.